The maximum absolute atomic E-state index is 12.8. The monoisotopic (exact) mass is 467 g/mol. The van der Waals surface area contributed by atoms with Crippen molar-refractivity contribution in [2.75, 3.05) is 18.4 Å². The van der Waals surface area contributed by atoms with Gasteiger partial charge in [-0.25, -0.2) is 9.67 Å². The number of aromatic nitrogens is 5. The highest BCUT2D eigenvalue weighted by atomic mass is 16.2. The molecule has 1 atom stereocenters. The van der Waals surface area contributed by atoms with E-state index in [1.165, 1.54) is 6.08 Å². The maximum Gasteiger partial charge on any atom is 0.245 e. The molecule has 2 N–H and O–H groups in total. The van der Waals surface area contributed by atoms with Gasteiger partial charge in [0.05, 0.1) is 23.5 Å². The first-order valence-electron chi connectivity index (χ1n) is 11.5. The molecule has 4 aromatic rings. The summed E-state index contributed by atoms with van der Waals surface area (Å²) in [6.07, 6.45) is 8.26. The third-order valence-corrected chi connectivity index (χ3v) is 6.09. The average molecular weight is 468 g/mol. The van der Waals surface area contributed by atoms with Gasteiger partial charge in [0.15, 0.2) is 5.82 Å². The van der Waals surface area contributed by atoms with Crippen LogP contribution in [0, 0.1) is 5.92 Å². The number of carbonyl (C=O) groups is 2. The summed E-state index contributed by atoms with van der Waals surface area (Å²) in [6.45, 7) is 4.62. The van der Waals surface area contributed by atoms with Gasteiger partial charge in [-0.1, -0.05) is 24.8 Å². The van der Waals surface area contributed by atoms with Crippen LogP contribution in [0.5, 0.6) is 0 Å². The summed E-state index contributed by atoms with van der Waals surface area (Å²) < 4.78 is 1.73. The van der Waals surface area contributed by atoms with Gasteiger partial charge >= 0.3 is 0 Å². The normalized spacial score (nSPS) is 15.5. The second kappa shape index (κ2) is 9.76. The van der Waals surface area contributed by atoms with Crippen molar-refractivity contribution >= 4 is 17.5 Å². The van der Waals surface area contributed by atoms with Gasteiger partial charge in [0.2, 0.25) is 11.8 Å². The van der Waals surface area contributed by atoms with Gasteiger partial charge in [-0.3, -0.25) is 14.7 Å². The number of piperidine rings is 1. The molecule has 0 saturated carbocycles. The Kier molecular flexibility index (Phi) is 6.21. The van der Waals surface area contributed by atoms with Crippen LogP contribution in [0.4, 0.5) is 5.69 Å². The standard InChI is InChI=1S/C26H25N7O2/c1-2-25(34)32-14-4-5-19(16-32)26(35)29-21-10-8-18(9-11-21)20-15-28-33(17-20)24-7-3-6-22(30-24)23-12-13-27-31-23/h2-3,6-13,15,17,19H,1,4-5,14,16H2,(H,27,31)(H,29,35)/t19-/m0/s1. The number of aromatic amines is 1. The Morgan fingerprint density at radius 1 is 1.11 bits per heavy atom. The average Bonchev–Trinajstić information content (AvgIpc) is 3.62. The number of benzene rings is 1. The summed E-state index contributed by atoms with van der Waals surface area (Å²) in [4.78, 5) is 31.0. The fourth-order valence-electron chi connectivity index (χ4n) is 4.21. The molecule has 4 heterocycles. The van der Waals surface area contributed by atoms with Crippen LogP contribution >= 0.6 is 0 Å². The zero-order valence-corrected chi connectivity index (χ0v) is 19.1. The van der Waals surface area contributed by atoms with Crippen molar-refractivity contribution in [3.63, 3.8) is 0 Å². The van der Waals surface area contributed by atoms with Crippen molar-refractivity contribution in [2.45, 2.75) is 12.8 Å². The summed E-state index contributed by atoms with van der Waals surface area (Å²) in [6, 6.07) is 15.2. The third-order valence-electron chi connectivity index (χ3n) is 6.09. The molecule has 176 valence electrons. The van der Waals surface area contributed by atoms with Crippen molar-refractivity contribution in [1.29, 1.82) is 0 Å². The van der Waals surface area contributed by atoms with E-state index in [2.05, 4.69) is 32.2 Å². The third kappa shape index (κ3) is 4.89. The lowest BCUT2D eigenvalue weighted by atomic mass is 9.97. The number of nitrogens with one attached hydrogen (secondary N) is 2. The van der Waals surface area contributed by atoms with Gasteiger partial charge in [0, 0.05) is 36.7 Å². The number of amides is 2. The molecule has 1 saturated heterocycles. The highest BCUT2D eigenvalue weighted by Crippen LogP contribution is 2.24. The van der Waals surface area contributed by atoms with Crippen LogP contribution in [-0.4, -0.2) is 54.8 Å². The number of hydrogen-bond acceptors (Lipinski definition) is 5. The molecule has 0 spiro atoms. The molecule has 9 nitrogen and oxygen atoms in total. The van der Waals surface area contributed by atoms with Gasteiger partial charge < -0.3 is 10.2 Å². The number of rotatable bonds is 6. The maximum atomic E-state index is 12.8. The second-order valence-corrected chi connectivity index (χ2v) is 8.42. The molecule has 1 fully saturated rings. The SMILES string of the molecule is C=CC(=O)N1CCC[C@H](C(=O)Nc2ccc(-c3cnn(-c4cccc(-c5ccn[nH]5)n4)c3)cc2)C1. The van der Waals surface area contributed by atoms with Crippen molar-refractivity contribution in [2.24, 2.45) is 5.92 Å². The Morgan fingerprint density at radius 3 is 2.74 bits per heavy atom. The highest BCUT2D eigenvalue weighted by molar-refractivity contribution is 5.94. The molecule has 2 amide bonds. The Balaban J connectivity index is 1.25. The lowest BCUT2D eigenvalue weighted by Gasteiger charge is -2.31. The Bertz CT molecular complexity index is 1340. The predicted octanol–water partition coefficient (Wildman–Crippen LogP) is 3.69. The van der Waals surface area contributed by atoms with Crippen LogP contribution in [0.3, 0.4) is 0 Å². The lowest BCUT2D eigenvalue weighted by Crippen LogP contribution is -2.43. The van der Waals surface area contributed by atoms with Crippen LogP contribution in [0.25, 0.3) is 28.3 Å². The molecule has 0 aliphatic carbocycles. The Hall–Kier alpha value is -4.53. The molecule has 1 aromatic carbocycles. The molecule has 9 heteroatoms. The zero-order chi connectivity index (χ0) is 24.2. The fraction of sp³-hybridized carbons (Fsp3) is 0.192. The van der Waals surface area contributed by atoms with Gasteiger partial charge in [-0.15, -0.1) is 0 Å². The van der Waals surface area contributed by atoms with E-state index in [1.807, 2.05) is 54.7 Å². The lowest BCUT2D eigenvalue weighted by molar-refractivity contribution is -0.130. The first-order valence-corrected chi connectivity index (χ1v) is 11.5. The van der Waals surface area contributed by atoms with E-state index in [4.69, 9.17) is 0 Å². The van der Waals surface area contributed by atoms with Gasteiger partial charge in [-0.2, -0.15) is 10.2 Å². The molecule has 0 unspecified atom stereocenters. The molecule has 0 bridgehead atoms. The molecule has 1 aliphatic heterocycles. The molecular formula is C26H25N7O2. The molecule has 0 radical (unpaired) electrons. The van der Waals surface area contributed by atoms with Crippen LogP contribution < -0.4 is 5.32 Å². The largest absolute Gasteiger partial charge is 0.338 e. The predicted molar refractivity (Wildman–Crippen MR) is 133 cm³/mol. The number of H-pyrrole nitrogens is 1. The topological polar surface area (TPSA) is 109 Å². The van der Waals surface area contributed by atoms with Crippen molar-refractivity contribution in [3.05, 3.63) is 79.8 Å². The molecule has 35 heavy (non-hydrogen) atoms. The summed E-state index contributed by atoms with van der Waals surface area (Å²) in [5.74, 6) is 0.269. The van der Waals surface area contributed by atoms with Crippen LogP contribution in [0.2, 0.25) is 0 Å². The highest BCUT2D eigenvalue weighted by Gasteiger charge is 2.27. The first-order chi connectivity index (χ1) is 17.1. The smallest absolute Gasteiger partial charge is 0.245 e. The fourth-order valence-corrected chi connectivity index (χ4v) is 4.21. The van der Waals surface area contributed by atoms with Gasteiger partial charge in [-0.05, 0) is 54.8 Å². The number of hydrogen-bond donors (Lipinski definition) is 2. The molecule has 5 rings (SSSR count). The van der Waals surface area contributed by atoms with Crippen molar-refractivity contribution in [3.8, 4) is 28.3 Å². The summed E-state index contributed by atoms with van der Waals surface area (Å²) >= 11 is 0. The second-order valence-electron chi connectivity index (χ2n) is 8.42. The van der Waals surface area contributed by atoms with Crippen molar-refractivity contribution < 1.29 is 9.59 Å². The Morgan fingerprint density at radius 2 is 1.97 bits per heavy atom. The Labute approximate surface area is 202 Å². The van der Waals surface area contributed by atoms with E-state index in [0.717, 1.165) is 35.4 Å². The number of pyridine rings is 1. The first kappa shape index (κ1) is 22.3. The minimum absolute atomic E-state index is 0.0737. The van der Waals surface area contributed by atoms with Gasteiger partial charge in [0.1, 0.15) is 0 Å². The van der Waals surface area contributed by atoms with Crippen LogP contribution in [-0.2, 0) is 9.59 Å². The summed E-state index contributed by atoms with van der Waals surface area (Å²) in [5, 5.41) is 14.3. The number of likely N-dealkylation sites (tertiary alicyclic amines) is 1. The van der Waals surface area contributed by atoms with E-state index < -0.39 is 0 Å². The van der Waals surface area contributed by atoms with E-state index in [9.17, 15) is 9.59 Å². The minimum Gasteiger partial charge on any atom is -0.338 e. The van der Waals surface area contributed by atoms with E-state index >= 15 is 0 Å². The van der Waals surface area contributed by atoms with Gasteiger partial charge in [0.25, 0.3) is 0 Å². The summed E-state index contributed by atoms with van der Waals surface area (Å²) in [7, 11) is 0. The van der Waals surface area contributed by atoms with E-state index in [-0.39, 0.29) is 17.7 Å². The number of carbonyl (C=O) groups excluding carboxylic acids is 2. The van der Waals surface area contributed by atoms with Crippen LogP contribution in [0.1, 0.15) is 12.8 Å². The van der Waals surface area contributed by atoms with E-state index in [1.54, 1.807) is 22.0 Å². The molecule has 3 aromatic heterocycles. The summed E-state index contributed by atoms with van der Waals surface area (Å²) in [5.41, 5.74) is 4.24. The quantitative estimate of drug-likeness (QED) is 0.421. The van der Waals surface area contributed by atoms with Crippen LogP contribution in [0.15, 0.2) is 79.8 Å². The number of nitrogens with zero attached hydrogens (tertiary/aromatic N) is 5. The minimum atomic E-state index is -0.226. The molecular weight excluding hydrogens is 442 g/mol. The van der Waals surface area contributed by atoms with E-state index in [0.29, 0.717) is 24.6 Å². The van der Waals surface area contributed by atoms with Crippen molar-refractivity contribution in [1.82, 2.24) is 29.9 Å². The number of anilines is 1. The molecule has 1 aliphatic rings. The zero-order valence-electron chi connectivity index (χ0n) is 19.1.